The highest BCUT2D eigenvalue weighted by atomic mass is 16.4. The number of nitrogens with zero attached hydrogens (tertiary/aromatic N) is 1. The molecule has 5 nitrogen and oxygen atoms in total. The molecule has 5 heteroatoms. The van der Waals surface area contributed by atoms with E-state index in [0.29, 0.717) is 5.69 Å². The second kappa shape index (κ2) is 5.92. The molecule has 0 aliphatic carbocycles. The van der Waals surface area contributed by atoms with Gasteiger partial charge in [0.2, 0.25) is 0 Å². The number of fused-ring (bicyclic) bond motifs is 1. The number of anilines is 1. The summed E-state index contributed by atoms with van der Waals surface area (Å²) in [7, 11) is 0. The Balaban J connectivity index is 2.16. The minimum Gasteiger partial charge on any atom is -0.480 e. The zero-order chi connectivity index (χ0) is 17.4. The highest BCUT2D eigenvalue weighted by Gasteiger charge is 2.43. The lowest BCUT2D eigenvalue weighted by Crippen LogP contribution is -2.47. The van der Waals surface area contributed by atoms with Crippen molar-refractivity contribution in [3.63, 3.8) is 0 Å². The van der Waals surface area contributed by atoms with Crippen molar-refractivity contribution in [3.05, 3.63) is 65.2 Å². The normalized spacial score (nSPS) is 17.1. The number of rotatable bonds is 3. The van der Waals surface area contributed by atoms with Crippen LogP contribution in [0.1, 0.15) is 47.2 Å². The first-order chi connectivity index (χ1) is 11.4. The van der Waals surface area contributed by atoms with Gasteiger partial charge < -0.3 is 5.11 Å². The fourth-order valence-electron chi connectivity index (χ4n) is 2.93. The first kappa shape index (κ1) is 15.9. The second-order valence-electron chi connectivity index (χ2n) is 6.09. The summed E-state index contributed by atoms with van der Waals surface area (Å²) in [6.07, 6.45) is 0. The summed E-state index contributed by atoms with van der Waals surface area (Å²) in [6, 6.07) is 13.4. The number of hydrogen-bond donors (Lipinski definition) is 1. The number of carbonyl (C=O) groups excluding carboxylic acids is 2. The van der Waals surface area contributed by atoms with Crippen molar-refractivity contribution in [1.29, 1.82) is 0 Å². The molecule has 0 bridgehead atoms. The zero-order valence-electron chi connectivity index (χ0n) is 13.4. The third-order valence-corrected chi connectivity index (χ3v) is 4.21. The van der Waals surface area contributed by atoms with Gasteiger partial charge in [-0.1, -0.05) is 44.2 Å². The molecule has 0 saturated heterocycles. The van der Waals surface area contributed by atoms with Crippen LogP contribution in [0.2, 0.25) is 0 Å². The van der Waals surface area contributed by atoms with Gasteiger partial charge in [-0.05, 0) is 35.2 Å². The summed E-state index contributed by atoms with van der Waals surface area (Å²) in [4.78, 5) is 38.1. The van der Waals surface area contributed by atoms with E-state index >= 15 is 0 Å². The summed E-state index contributed by atoms with van der Waals surface area (Å²) < 4.78 is 0. The van der Waals surface area contributed by atoms with Gasteiger partial charge in [0, 0.05) is 5.56 Å². The Hall–Kier alpha value is -2.95. The molecule has 2 amide bonds. The second-order valence-corrected chi connectivity index (χ2v) is 6.09. The van der Waals surface area contributed by atoms with Crippen LogP contribution in [0.5, 0.6) is 0 Å². The number of imide groups is 1. The Bertz CT molecular complexity index is 841. The van der Waals surface area contributed by atoms with E-state index in [9.17, 15) is 19.5 Å². The Morgan fingerprint density at radius 2 is 1.79 bits per heavy atom. The molecule has 1 atom stereocenters. The summed E-state index contributed by atoms with van der Waals surface area (Å²) in [5.41, 5.74) is 1.87. The Morgan fingerprint density at radius 3 is 2.46 bits per heavy atom. The molecule has 1 aliphatic rings. The standard InChI is InChI=1S/C19H17NO4/c1-11(2)12-6-5-7-13(10-12)20-17(21)15-9-4-3-8-14(15)16(18(20)22)19(23)24/h3-11,16H,1-2H3,(H,23,24). The summed E-state index contributed by atoms with van der Waals surface area (Å²) in [6.45, 7) is 4.02. The van der Waals surface area contributed by atoms with Crippen LogP contribution in [0.3, 0.4) is 0 Å². The number of carboxylic acids is 1. The van der Waals surface area contributed by atoms with E-state index in [1.54, 1.807) is 36.4 Å². The van der Waals surface area contributed by atoms with Gasteiger partial charge in [-0.2, -0.15) is 0 Å². The number of aliphatic carboxylic acids is 1. The van der Waals surface area contributed by atoms with Gasteiger partial charge in [0.25, 0.3) is 11.8 Å². The third kappa shape index (κ3) is 2.48. The third-order valence-electron chi connectivity index (χ3n) is 4.21. The van der Waals surface area contributed by atoms with Crippen molar-refractivity contribution in [1.82, 2.24) is 0 Å². The van der Waals surface area contributed by atoms with Gasteiger partial charge in [-0.25, -0.2) is 4.90 Å². The topological polar surface area (TPSA) is 74.7 Å². The predicted molar refractivity (Wildman–Crippen MR) is 89.2 cm³/mol. The molecule has 0 radical (unpaired) electrons. The predicted octanol–water partition coefficient (Wildman–Crippen LogP) is 3.17. The molecule has 1 aliphatic heterocycles. The number of carbonyl (C=O) groups is 3. The number of carboxylic acid groups (broad SMARTS) is 1. The SMILES string of the molecule is CC(C)c1cccc(N2C(=O)c3ccccc3C(C(=O)O)C2=O)c1. The molecule has 24 heavy (non-hydrogen) atoms. The summed E-state index contributed by atoms with van der Waals surface area (Å²) >= 11 is 0. The van der Waals surface area contributed by atoms with Gasteiger partial charge in [-0.15, -0.1) is 0 Å². The van der Waals surface area contributed by atoms with Gasteiger partial charge in [-0.3, -0.25) is 14.4 Å². The number of benzene rings is 2. The Morgan fingerprint density at radius 1 is 1.08 bits per heavy atom. The highest BCUT2D eigenvalue weighted by molar-refractivity contribution is 6.30. The first-order valence-electron chi connectivity index (χ1n) is 7.71. The molecular formula is C19H17NO4. The van der Waals surface area contributed by atoms with Crippen LogP contribution in [0.25, 0.3) is 0 Å². The fourth-order valence-corrected chi connectivity index (χ4v) is 2.93. The highest BCUT2D eigenvalue weighted by Crippen LogP contribution is 2.33. The van der Waals surface area contributed by atoms with Crippen molar-refractivity contribution in [2.24, 2.45) is 0 Å². The summed E-state index contributed by atoms with van der Waals surface area (Å²) in [5, 5.41) is 9.49. The number of hydrogen-bond acceptors (Lipinski definition) is 3. The molecular weight excluding hydrogens is 306 g/mol. The van der Waals surface area contributed by atoms with Gasteiger partial charge >= 0.3 is 5.97 Å². The van der Waals surface area contributed by atoms with Crippen LogP contribution < -0.4 is 4.90 Å². The molecule has 2 aromatic rings. The molecule has 0 saturated carbocycles. The monoisotopic (exact) mass is 323 g/mol. The van der Waals surface area contributed by atoms with Gasteiger partial charge in [0.05, 0.1) is 5.69 Å². The average molecular weight is 323 g/mol. The van der Waals surface area contributed by atoms with Crippen molar-refractivity contribution in [3.8, 4) is 0 Å². The zero-order valence-corrected chi connectivity index (χ0v) is 13.4. The minimum atomic E-state index is -1.37. The molecule has 122 valence electrons. The maximum atomic E-state index is 12.8. The van der Waals surface area contributed by atoms with Gasteiger partial charge in [0.1, 0.15) is 0 Å². The molecule has 1 heterocycles. The van der Waals surface area contributed by atoms with Crippen molar-refractivity contribution in [2.75, 3.05) is 4.90 Å². The van der Waals surface area contributed by atoms with Crippen LogP contribution in [-0.4, -0.2) is 22.9 Å². The van der Waals surface area contributed by atoms with Crippen molar-refractivity contribution < 1.29 is 19.5 Å². The Labute approximate surface area is 139 Å². The van der Waals surface area contributed by atoms with Crippen molar-refractivity contribution in [2.45, 2.75) is 25.7 Å². The maximum absolute atomic E-state index is 12.8. The fraction of sp³-hybridized carbons (Fsp3) is 0.211. The molecule has 0 aromatic heterocycles. The molecule has 1 unspecified atom stereocenters. The van der Waals surface area contributed by atoms with E-state index in [0.717, 1.165) is 10.5 Å². The first-order valence-corrected chi connectivity index (χ1v) is 7.71. The minimum absolute atomic E-state index is 0.225. The summed E-state index contributed by atoms with van der Waals surface area (Å²) in [5.74, 6) is -3.63. The Kier molecular flexibility index (Phi) is 3.93. The average Bonchev–Trinajstić information content (AvgIpc) is 2.55. The maximum Gasteiger partial charge on any atom is 0.320 e. The van der Waals surface area contributed by atoms with E-state index in [1.807, 2.05) is 19.9 Å². The number of amides is 2. The molecule has 1 N–H and O–H groups in total. The van der Waals surface area contributed by atoms with E-state index < -0.39 is 23.7 Å². The van der Waals surface area contributed by atoms with E-state index in [-0.39, 0.29) is 17.0 Å². The largest absolute Gasteiger partial charge is 0.480 e. The quantitative estimate of drug-likeness (QED) is 0.695. The molecule has 0 fully saturated rings. The lowest BCUT2D eigenvalue weighted by Gasteiger charge is -2.31. The van der Waals surface area contributed by atoms with E-state index in [1.165, 1.54) is 6.07 Å². The van der Waals surface area contributed by atoms with Crippen LogP contribution in [0.4, 0.5) is 5.69 Å². The van der Waals surface area contributed by atoms with Crippen LogP contribution in [0.15, 0.2) is 48.5 Å². The van der Waals surface area contributed by atoms with Crippen molar-refractivity contribution >= 4 is 23.5 Å². The van der Waals surface area contributed by atoms with E-state index in [4.69, 9.17) is 0 Å². The lowest BCUT2D eigenvalue weighted by molar-refractivity contribution is -0.142. The lowest BCUT2D eigenvalue weighted by atomic mass is 9.88. The van der Waals surface area contributed by atoms with Crippen LogP contribution >= 0.6 is 0 Å². The molecule has 2 aromatic carbocycles. The molecule has 0 spiro atoms. The van der Waals surface area contributed by atoms with Crippen LogP contribution in [-0.2, 0) is 9.59 Å². The van der Waals surface area contributed by atoms with Gasteiger partial charge in [0.15, 0.2) is 5.92 Å². The van der Waals surface area contributed by atoms with Crippen LogP contribution in [0, 0.1) is 0 Å². The smallest absolute Gasteiger partial charge is 0.320 e. The molecule has 3 rings (SSSR count). The van der Waals surface area contributed by atoms with E-state index in [2.05, 4.69) is 0 Å².